The van der Waals surface area contributed by atoms with Crippen LogP contribution in [0.2, 0.25) is 0 Å². The zero-order valence-corrected chi connectivity index (χ0v) is 11.9. The van der Waals surface area contributed by atoms with Crippen molar-refractivity contribution in [1.82, 2.24) is 4.90 Å². The molecule has 2 atom stereocenters. The first-order valence-corrected chi connectivity index (χ1v) is 7.17. The van der Waals surface area contributed by atoms with E-state index in [9.17, 15) is 9.90 Å². The Labute approximate surface area is 110 Å². The number of ether oxygens (including phenoxy) is 1. The fourth-order valence-corrected chi connectivity index (χ4v) is 2.36. The first kappa shape index (κ1) is 15.4. The molecule has 0 aromatic rings. The van der Waals surface area contributed by atoms with E-state index in [-0.39, 0.29) is 18.0 Å². The maximum atomic E-state index is 11.8. The maximum Gasteiger partial charge on any atom is 0.310 e. The number of esters is 1. The minimum Gasteiger partial charge on any atom is -0.463 e. The number of hydrogen-bond donors (Lipinski definition) is 1. The van der Waals surface area contributed by atoms with Gasteiger partial charge in [-0.1, -0.05) is 26.2 Å². The van der Waals surface area contributed by atoms with Crippen LogP contribution in [0.4, 0.5) is 0 Å². The molecule has 4 nitrogen and oxygen atoms in total. The molecule has 0 aromatic carbocycles. The summed E-state index contributed by atoms with van der Waals surface area (Å²) >= 11 is 0. The number of carbonyl (C=O) groups excluding carboxylic acids is 1. The van der Waals surface area contributed by atoms with Gasteiger partial charge in [0.2, 0.25) is 0 Å². The molecule has 1 aliphatic rings. The van der Waals surface area contributed by atoms with Crippen LogP contribution >= 0.6 is 0 Å². The van der Waals surface area contributed by atoms with Crippen molar-refractivity contribution in [3.05, 3.63) is 0 Å². The SMILES string of the molecule is CCCCCCN1CC(C(=O)OC(C)C)CC1O. The average Bonchev–Trinajstić information content (AvgIpc) is 2.66. The summed E-state index contributed by atoms with van der Waals surface area (Å²) in [7, 11) is 0. The zero-order chi connectivity index (χ0) is 13.5. The summed E-state index contributed by atoms with van der Waals surface area (Å²) in [5.74, 6) is -0.325. The molecule has 2 unspecified atom stereocenters. The quantitative estimate of drug-likeness (QED) is 0.561. The van der Waals surface area contributed by atoms with E-state index in [0.29, 0.717) is 13.0 Å². The van der Waals surface area contributed by atoms with Gasteiger partial charge >= 0.3 is 5.97 Å². The molecule has 1 fully saturated rings. The van der Waals surface area contributed by atoms with Gasteiger partial charge in [-0.2, -0.15) is 0 Å². The van der Waals surface area contributed by atoms with Gasteiger partial charge in [0.05, 0.1) is 12.0 Å². The van der Waals surface area contributed by atoms with E-state index in [4.69, 9.17) is 4.74 Å². The molecule has 0 radical (unpaired) electrons. The third-order valence-electron chi connectivity index (χ3n) is 3.36. The molecule has 1 aliphatic heterocycles. The first-order chi connectivity index (χ1) is 8.54. The Morgan fingerprint density at radius 3 is 2.72 bits per heavy atom. The van der Waals surface area contributed by atoms with Gasteiger partial charge in [-0.15, -0.1) is 0 Å². The van der Waals surface area contributed by atoms with Crippen LogP contribution in [0.15, 0.2) is 0 Å². The van der Waals surface area contributed by atoms with Crippen molar-refractivity contribution in [1.29, 1.82) is 0 Å². The Morgan fingerprint density at radius 1 is 1.39 bits per heavy atom. The van der Waals surface area contributed by atoms with Crippen molar-refractivity contribution < 1.29 is 14.6 Å². The Bertz CT molecular complexity index is 255. The van der Waals surface area contributed by atoms with Gasteiger partial charge in [-0.05, 0) is 20.3 Å². The molecular formula is C14H27NO3. The second-order valence-electron chi connectivity index (χ2n) is 5.45. The standard InChI is InChI=1S/C14H27NO3/c1-4-5-6-7-8-15-10-12(9-13(15)16)14(17)18-11(2)3/h11-13,16H,4-10H2,1-3H3. The first-order valence-electron chi connectivity index (χ1n) is 7.17. The third-order valence-corrected chi connectivity index (χ3v) is 3.36. The summed E-state index contributed by atoms with van der Waals surface area (Å²) < 4.78 is 5.20. The fourth-order valence-electron chi connectivity index (χ4n) is 2.36. The predicted octanol–water partition coefficient (Wildman–Crippen LogP) is 2.16. The largest absolute Gasteiger partial charge is 0.463 e. The lowest BCUT2D eigenvalue weighted by atomic mass is 10.1. The number of carbonyl (C=O) groups is 1. The summed E-state index contributed by atoms with van der Waals surface area (Å²) in [4.78, 5) is 13.8. The molecule has 18 heavy (non-hydrogen) atoms. The van der Waals surface area contributed by atoms with Crippen LogP contribution in [0, 0.1) is 5.92 Å². The predicted molar refractivity (Wildman–Crippen MR) is 71.1 cm³/mol. The van der Waals surface area contributed by atoms with Crippen LogP contribution in [0.3, 0.4) is 0 Å². The Balaban J connectivity index is 2.29. The Hall–Kier alpha value is -0.610. The average molecular weight is 257 g/mol. The van der Waals surface area contributed by atoms with Crippen molar-refractivity contribution in [3.63, 3.8) is 0 Å². The van der Waals surface area contributed by atoms with Crippen LogP contribution < -0.4 is 0 Å². The summed E-state index contributed by atoms with van der Waals surface area (Å²) in [5, 5.41) is 9.92. The lowest BCUT2D eigenvalue weighted by Gasteiger charge is -2.19. The van der Waals surface area contributed by atoms with Gasteiger partial charge in [-0.25, -0.2) is 0 Å². The van der Waals surface area contributed by atoms with Gasteiger partial charge in [-0.3, -0.25) is 9.69 Å². The van der Waals surface area contributed by atoms with Gasteiger partial charge < -0.3 is 9.84 Å². The highest BCUT2D eigenvalue weighted by Crippen LogP contribution is 2.23. The maximum absolute atomic E-state index is 11.8. The van der Waals surface area contributed by atoms with Crippen molar-refractivity contribution in [2.24, 2.45) is 5.92 Å². The van der Waals surface area contributed by atoms with E-state index in [1.54, 1.807) is 0 Å². The Morgan fingerprint density at radius 2 is 2.11 bits per heavy atom. The second kappa shape index (κ2) is 7.74. The van der Waals surface area contributed by atoms with Crippen LogP contribution in [0.5, 0.6) is 0 Å². The molecule has 106 valence electrons. The van der Waals surface area contributed by atoms with E-state index >= 15 is 0 Å². The van der Waals surface area contributed by atoms with Crippen LogP contribution in [-0.2, 0) is 9.53 Å². The number of rotatable bonds is 7. The number of nitrogens with zero attached hydrogens (tertiary/aromatic N) is 1. The molecule has 1 rings (SSSR count). The normalized spacial score (nSPS) is 24.7. The monoisotopic (exact) mass is 257 g/mol. The molecule has 0 spiro atoms. The molecule has 1 heterocycles. The van der Waals surface area contributed by atoms with Crippen LogP contribution in [-0.4, -0.2) is 41.4 Å². The number of aliphatic hydroxyl groups is 1. The number of aliphatic hydroxyl groups excluding tert-OH is 1. The van der Waals surface area contributed by atoms with E-state index < -0.39 is 6.23 Å². The summed E-state index contributed by atoms with van der Waals surface area (Å²) in [6, 6.07) is 0. The summed E-state index contributed by atoms with van der Waals surface area (Å²) in [5.41, 5.74) is 0. The van der Waals surface area contributed by atoms with Crippen LogP contribution in [0.25, 0.3) is 0 Å². The van der Waals surface area contributed by atoms with E-state index in [2.05, 4.69) is 6.92 Å². The lowest BCUT2D eigenvalue weighted by Crippen LogP contribution is -2.31. The van der Waals surface area contributed by atoms with E-state index in [1.807, 2.05) is 18.7 Å². The van der Waals surface area contributed by atoms with Crippen molar-refractivity contribution in [2.75, 3.05) is 13.1 Å². The highest BCUT2D eigenvalue weighted by atomic mass is 16.5. The fraction of sp³-hybridized carbons (Fsp3) is 0.929. The molecule has 1 N–H and O–H groups in total. The molecule has 0 aromatic heterocycles. The van der Waals surface area contributed by atoms with Crippen LogP contribution in [0.1, 0.15) is 52.9 Å². The number of hydrogen-bond acceptors (Lipinski definition) is 4. The molecule has 0 aliphatic carbocycles. The number of likely N-dealkylation sites (tertiary alicyclic amines) is 1. The van der Waals surface area contributed by atoms with E-state index in [1.165, 1.54) is 19.3 Å². The molecule has 0 amide bonds. The molecule has 1 saturated heterocycles. The minimum atomic E-state index is -0.476. The lowest BCUT2D eigenvalue weighted by molar-refractivity contribution is -0.152. The van der Waals surface area contributed by atoms with Crippen molar-refractivity contribution in [2.45, 2.75) is 65.2 Å². The van der Waals surface area contributed by atoms with Gasteiger partial charge in [0, 0.05) is 19.5 Å². The topological polar surface area (TPSA) is 49.8 Å². The molecule has 4 heteroatoms. The second-order valence-corrected chi connectivity index (χ2v) is 5.45. The zero-order valence-electron chi connectivity index (χ0n) is 11.9. The smallest absolute Gasteiger partial charge is 0.310 e. The van der Waals surface area contributed by atoms with E-state index in [0.717, 1.165) is 13.0 Å². The summed E-state index contributed by atoms with van der Waals surface area (Å²) in [6.07, 6.45) is 4.70. The number of unbranched alkanes of at least 4 members (excludes halogenated alkanes) is 3. The van der Waals surface area contributed by atoms with Gasteiger partial charge in [0.1, 0.15) is 6.23 Å². The molecular weight excluding hydrogens is 230 g/mol. The molecule has 0 bridgehead atoms. The van der Waals surface area contributed by atoms with Gasteiger partial charge in [0.25, 0.3) is 0 Å². The highest BCUT2D eigenvalue weighted by Gasteiger charge is 2.35. The van der Waals surface area contributed by atoms with Crippen molar-refractivity contribution in [3.8, 4) is 0 Å². The highest BCUT2D eigenvalue weighted by molar-refractivity contribution is 5.73. The van der Waals surface area contributed by atoms with Crippen molar-refractivity contribution >= 4 is 5.97 Å². The third kappa shape index (κ3) is 4.94. The minimum absolute atomic E-state index is 0.0757. The summed E-state index contributed by atoms with van der Waals surface area (Å²) in [6.45, 7) is 7.41. The Kier molecular flexibility index (Phi) is 6.65. The molecule has 0 saturated carbocycles. The van der Waals surface area contributed by atoms with Gasteiger partial charge in [0.15, 0.2) is 0 Å².